The van der Waals surface area contributed by atoms with Gasteiger partial charge in [0.15, 0.2) is 0 Å². The van der Waals surface area contributed by atoms with Crippen molar-refractivity contribution in [1.82, 2.24) is 4.90 Å². The van der Waals surface area contributed by atoms with E-state index in [0.29, 0.717) is 12.8 Å². The maximum Gasteiger partial charge on any atom is 0.237 e. The Morgan fingerprint density at radius 3 is 1.89 bits per heavy atom. The summed E-state index contributed by atoms with van der Waals surface area (Å²) in [5.74, 6) is 0.0518. The maximum absolute atomic E-state index is 12.8. The Morgan fingerprint density at radius 1 is 1.11 bits per heavy atom. The van der Waals surface area contributed by atoms with Gasteiger partial charge in [-0.2, -0.15) is 0 Å². The van der Waals surface area contributed by atoms with Crippen molar-refractivity contribution in [3.63, 3.8) is 0 Å². The number of likely N-dealkylation sites (tertiary alicyclic amines) is 1. The number of imide groups is 1. The molecule has 0 N–H and O–H groups in total. The predicted octanol–water partition coefficient (Wildman–Crippen LogP) is 2.32. The third-order valence-corrected chi connectivity index (χ3v) is 5.56. The van der Waals surface area contributed by atoms with Crippen molar-refractivity contribution in [2.24, 2.45) is 22.7 Å². The SMILES string of the molecule is C=C[C@@H]1C[C@H](C=C)[C@]23CC=CC[C@]12C(=O)N(C)C3=O. The van der Waals surface area contributed by atoms with Gasteiger partial charge in [-0.15, -0.1) is 13.2 Å². The minimum absolute atomic E-state index is 0.0314. The Morgan fingerprint density at radius 2 is 1.53 bits per heavy atom. The quantitative estimate of drug-likeness (QED) is 0.562. The van der Waals surface area contributed by atoms with Gasteiger partial charge in [-0.1, -0.05) is 24.3 Å². The predicted molar refractivity (Wildman–Crippen MR) is 73.0 cm³/mol. The van der Waals surface area contributed by atoms with Crippen molar-refractivity contribution in [3.8, 4) is 0 Å². The fraction of sp³-hybridized carbons (Fsp3) is 0.500. The normalized spacial score (nSPS) is 44.2. The molecule has 3 heteroatoms. The Hall–Kier alpha value is -1.64. The topological polar surface area (TPSA) is 37.4 Å². The Labute approximate surface area is 113 Å². The van der Waals surface area contributed by atoms with E-state index in [-0.39, 0.29) is 23.7 Å². The molecule has 100 valence electrons. The van der Waals surface area contributed by atoms with Gasteiger partial charge in [0.25, 0.3) is 0 Å². The van der Waals surface area contributed by atoms with Gasteiger partial charge in [-0.05, 0) is 31.1 Å². The highest BCUT2D eigenvalue weighted by atomic mass is 16.2. The van der Waals surface area contributed by atoms with E-state index in [2.05, 4.69) is 13.2 Å². The summed E-state index contributed by atoms with van der Waals surface area (Å²) >= 11 is 0. The highest BCUT2D eigenvalue weighted by molar-refractivity contribution is 6.11. The molecule has 0 unspecified atom stereocenters. The third kappa shape index (κ3) is 1.06. The second kappa shape index (κ2) is 3.69. The molecule has 0 aromatic rings. The van der Waals surface area contributed by atoms with E-state index in [1.54, 1.807) is 7.05 Å². The highest BCUT2D eigenvalue weighted by Gasteiger charge is 2.75. The summed E-state index contributed by atoms with van der Waals surface area (Å²) < 4.78 is 0. The monoisotopic (exact) mass is 257 g/mol. The van der Waals surface area contributed by atoms with Crippen LogP contribution in [0.1, 0.15) is 19.3 Å². The lowest BCUT2D eigenvalue weighted by molar-refractivity contribution is -0.141. The summed E-state index contributed by atoms with van der Waals surface area (Å²) in [5.41, 5.74) is -1.23. The lowest BCUT2D eigenvalue weighted by atomic mass is 9.56. The number of amides is 2. The molecule has 3 rings (SSSR count). The second-order valence-electron chi connectivity index (χ2n) is 5.91. The van der Waals surface area contributed by atoms with E-state index < -0.39 is 10.8 Å². The third-order valence-electron chi connectivity index (χ3n) is 5.56. The van der Waals surface area contributed by atoms with Crippen molar-refractivity contribution < 1.29 is 9.59 Å². The van der Waals surface area contributed by atoms with Gasteiger partial charge in [0, 0.05) is 7.05 Å². The largest absolute Gasteiger partial charge is 0.285 e. The van der Waals surface area contributed by atoms with Crippen LogP contribution in [0.5, 0.6) is 0 Å². The standard InChI is InChI=1S/C16H19NO2/c1-4-11-10-12(5-2)16-9-7-6-8-15(11,16)13(18)17(3)14(16)19/h4-7,11-12H,1-2,8-10H2,3H3/t11-,12+,15-,16+. The van der Waals surface area contributed by atoms with Gasteiger partial charge in [-0.25, -0.2) is 0 Å². The van der Waals surface area contributed by atoms with Crippen molar-refractivity contribution in [1.29, 1.82) is 0 Å². The zero-order chi connectivity index (χ0) is 13.8. The Bertz CT molecular complexity index is 477. The number of nitrogens with zero attached hydrogens (tertiary/aromatic N) is 1. The lowest BCUT2D eigenvalue weighted by Gasteiger charge is -2.41. The van der Waals surface area contributed by atoms with Crippen LogP contribution in [0.4, 0.5) is 0 Å². The molecule has 3 aliphatic rings. The molecule has 0 spiro atoms. The molecule has 2 aliphatic carbocycles. The molecule has 3 nitrogen and oxygen atoms in total. The molecule has 1 heterocycles. The van der Waals surface area contributed by atoms with Gasteiger partial charge in [0.1, 0.15) is 0 Å². The molecule has 0 aromatic heterocycles. The van der Waals surface area contributed by atoms with E-state index in [1.165, 1.54) is 4.90 Å². The molecule has 1 saturated heterocycles. The van der Waals surface area contributed by atoms with E-state index in [4.69, 9.17) is 0 Å². The number of hydrogen-bond donors (Lipinski definition) is 0. The minimum Gasteiger partial charge on any atom is -0.285 e. The molecular weight excluding hydrogens is 238 g/mol. The van der Waals surface area contributed by atoms with Crippen molar-refractivity contribution in [2.75, 3.05) is 7.05 Å². The van der Waals surface area contributed by atoms with E-state index in [0.717, 1.165) is 6.42 Å². The molecular formula is C16H19NO2. The molecule has 0 bridgehead atoms. The van der Waals surface area contributed by atoms with E-state index in [1.807, 2.05) is 24.3 Å². The minimum atomic E-state index is -0.617. The number of allylic oxidation sites excluding steroid dienone is 4. The Balaban J connectivity index is 2.30. The van der Waals surface area contributed by atoms with Crippen LogP contribution in [0.15, 0.2) is 37.5 Å². The lowest BCUT2D eigenvalue weighted by Crippen LogP contribution is -2.47. The van der Waals surface area contributed by atoms with Crippen LogP contribution in [-0.4, -0.2) is 23.8 Å². The first-order valence-corrected chi connectivity index (χ1v) is 6.79. The van der Waals surface area contributed by atoms with Crippen LogP contribution in [0.25, 0.3) is 0 Å². The average Bonchev–Trinajstić information content (AvgIpc) is 2.84. The van der Waals surface area contributed by atoms with E-state index in [9.17, 15) is 9.59 Å². The zero-order valence-electron chi connectivity index (χ0n) is 11.3. The van der Waals surface area contributed by atoms with Crippen LogP contribution in [-0.2, 0) is 9.59 Å². The fourth-order valence-electron chi connectivity index (χ4n) is 4.70. The highest BCUT2D eigenvalue weighted by Crippen LogP contribution is 2.69. The number of carbonyl (C=O) groups is 2. The average molecular weight is 257 g/mol. The van der Waals surface area contributed by atoms with Crippen LogP contribution >= 0.6 is 0 Å². The van der Waals surface area contributed by atoms with Gasteiger partial charge < -0.3 is 0 Å². The second-order valence-corrected chi connectivity index (χ2v) is 5.91. The number of rotatable bonds is 2. The molecule has 1 aliphatic heterocycles. The molecule has 0 radical (unpaired) electrons. The van der Waals surface area contributed by atoms with E-state index >= 15 is 0 Å². The fourth-order valence-corrected chi connectivity index (χ4v) is 4.70. The van der Waals surface area contributed by atoms with Crippen LogP contribution in [0.2, 0.25) is 0 Å². The first-order chi connectivity index (χ1) is 9.06. The van der Waals surface area contributed by atoms with Gasteiger partial charge >= 0.3 is 0 Å². The molecule has 2 amide bonds. The summed E-state index contributed by atoms with van der Waals surface area (Å²) in [6.07, 6.45) is 9.91. The number of carbonyl (C=O) groups excluding carboxylic acids is 2. The zero-order valence-corrected chi connectivity index (χ0v) is 11.3. The van der Waals surface area contributed by atoms with Gasteiger partial charge in [0.05, 0.1) is 10.8 Å². The van der Waals surface area contributed by atoms with Gasteiger partial charge in [-0.3, -0.25) is 14.5 Å². The van der Waals surface area contributed by atoms with Crippen molar-refractivity contribution in [3.05, 3.63) is 37.5 Å². The molecule has 4 atom stereocenters. The summed E-state index contributed by atoms with van der Waals surface area (Å²) in [5, 5.41) is 0. The number of hydrogen-bond acceptors (Lipinski definition) is 2. The summed E-state index contributed by atoms with van der Waals surface area (Å²) in [6, 6.07) is 0. The van der Waals surface area contributed by atoms with Crippen LogP contribution < -0.4 is 0 Å². The Kier molecular flexibility index (Phi) is 2.40. The first kappa shape index (κ1) is 12.4. The van der Waals surface area contributed by atoms with Crippen molar-refractivity contribution in [2.45, 2.75) is 19.3 Å². The summed E-state index contributed by atoms with van der Waals surface area (Å²) in [6.45, 7) is 7.80. The smallest absolute Gasteiger partial charge is 0.237 e. The first-order valence-electron chi connectivity index (χ1n) is 6.79. The van der Waals surface area contributed by atoms with Gasteiger partial charge in [0.2, 0.25) is 11.8 Å². The summed E-state index contributed by atoms with van der Waals surface area (Å²) in [4.78, 5) is 26.9. The van der Waals surface area contributed by atoms with Crippen LogP contribution in [0.3, 0.4) is 0 Å². The molecule has 0 aromatic carbocycles. The summed E-state index contributed by atoms with van der Waals surface area (Å²) in [7, 11) is 1.61. The molecule has 1 saturated carbocycles. The molecule has 2 fully saturated rings. The molecule has 19 heavy (non-hydrogen) atoms. The van der Waals surface area contributed by atoms with Crippen LogP contribution in [0, 0.1) is 22.7 Å². The van der Waals surface area contributed by atoms with Crippen molar-refractivity contribution >= 4 is 11.8 Å². The maximum atomic E-state index is 12.8.